The van der Waals surface area contributed by atoms with Crippen LogP contribution in [0.5, 0.6) is 11.5 Å². The number of rotatable bonds is 7. The minimum Gasteiger partial charge on any atom is -0.493 e. The summed E-state index contributed by atoms with van der Waals surface area (Å²) in [7, 11) is 3.00. The van der Waals surface area contributed by atoms with E-state index < -0.39 is 12.6 Å². The molecule has 1 aromatic carbocycles. The highest BCUT2D eigenvalue weighted by Gasteiger charge is 2.26. The van der Waals surface area contributed by atoms with Crippen LogP contribution < -0.4 is 14.8 Å². The Morgan fingerprint density at radius 3 is 2.29 bits per heavy atom. The van der Waals surface area contributed by atoms with Gasteiger partial charge in [-0.3, -0.25) is 0 Å². The van der Waals surface area contributed by atoms with Gasteiger partial charge >= 0.3 is 6.18 Å². The van der Waals surface area contributed by atoms with Gasteiger partial charge in [0.25, 0.3) is 0 Å². The Morgan fingerprint density at radius 1 is 1.19 bits per heavy atom. The van der Waals surface area contributed by atoms with Gasteiger partial charge in [0.2, 0.25) is 0 Å². The third kappa shape index (κ3) is 5.91. The van der Waals surface area contributed by atoms with E-state index in [0.29, 0.717) is 28.6 Å². The monoisotopic (exact) mass is 325 g/mol. The summed E-state index contributed by atoms with van der Waals surface area (Å²) in [6.07, 6.45) is -4.42. The largest absolute Gasteiger partial charge is 0.493 e. The predicted molar refractivity (Wildman–Crippen MR) is 77.5 cm³/mol. The maximum Gasteiger partial charge on any atom is 0.389 e. The molecule has 0 aliphatic carbocycles. The Morgan fingerprint density at radius 2 is 1.76 bits per heavy atom. The molecule has 1 N–H and O–H groups in total. The first-order valence-corrected chi connectivity index (χ1v) is 6.89. The molecule has 1 atom stereocenters. The van der Waals surface area contributed by atoms with Crippen molar-refractivity contribution in [1.82, 2.24) is 0 Å². The van der Waals surface area contributed by atoms with E-state index in [1.54, 1.807) is 12.1 Å². The van der Waals surface area contributed by atoms with Crippen LogP contribution in [0.1, 0.15) is 26.2 Å². The molecule has 0 heterocycles. The number of nitrogens with one attached hydrogen (secondary N) is 1. The molecule has 1 aromatic rings. The molecule has 1 unspecified atom stereocenters. The van der Waals surface area contributed by atoms with Crippen molar-refractivity contribution >= 4 is 17.3 Å². The van der Waals surface area contributed by atoms with E-state index in [9.17, 15) is 13.2 Å². The van der Waals surface area contributed by atoms with Crippen LogP contribution in [0, 0.1) is 0 Å². The van der Waals surface area contributed by atoms with Gasteiger partial charge in [-0.15, -0.1) is 0 Å². The molecule has 3 nitrogen and oxygen atoms in total. The van der Waals surface area contributed by atoms with Gasteiger partial charge in [0, 0.05) is 24.6 Å². The number of benzene rings is 1. The maximum atomic E-state index is 12.1. The van der Waals surface area contributed by atoms with E-state index in [2.05, 4.69) is 5.32 Å². The molecule has 0 fully saturated rings. The zero-order valence-corrected chi connectivity index (χ0v) is 12.9. The fraction of sp³-hybridized carbons (Fsp3) is 0.571. The van der Waals surface area contributed by atoms with E-state index >= 15 is 0 Å². The van der Waals surface area contributed by atoms with E-state index in [-0.39, 0.29) is 12.5 Å². The van der Waals surface area contributed by atoms with Crippen LogP contribution in [0.25, 0.3) is 0 Å². The lowest BCUT2D eigenvalue weighted by Crippen LogP contribution is -2.17. The summed E-state index contributed by atoms with van der Waals surface area (Å²) < 4.78 is 46.6. The van der Waals surface area contributed by atoms with Crippen molar-refractivity contribution in [2.75, 3.05) is 19.5 Å². The topological polar surface area (TPSA) is 30.5 Å². The van der Waals surface area contributed by atoms with E-state index in [0.717, 1.165) is 0 Å². The SMILES string of the molecule is COc1cc(Cl)c(NC(C)CCCC(F)(F)F)cc1OC. The van der Waals surface area contributed by atoms with Crippen molar-refractivity contribution in [3.8, 4) is 11.5 Å². The highest BCUT2D eigenvalue weighted by atomic mass is 35.5. The number of ether oxygens (including phenoxy) is 2. The minimum atomic E-state index is -4.11. The zero-order chi connectivity index (χ0) is 16.0. The lowest BCUT2D eigenvalue weighted by atomic mass is 10.1. The normalized spacial score (nSPS) is 12.9. The third-order valence-corrected chi connectivity index (χ3v) is 3.29. The Kier molecular flexibility index (Phi) is 6.45. The minimum absolute atomic E-state index is 0.0720. The van der Waals surface area contributed by atoms with Gasteiger partial charge in [-0.25, -0.2) is 0 Å². The van der Waals surface area contributed by atoms with E-state index in [1.165, 1.54) is 14.2 Å². The van der Waals surface area contributed by atoms with Gasteiger partial charge in [0.1, 0.15) is 0 Å². The fourth-order valence-corrected chi connectivity index (χ4v) is 2.12. The average Bonchev–Trinajstić information content (AvgIpc) is 2.39. The summed E-state index contributed by atoms with van der Waals surface area (Å²) >= 11 is 6.11. The Labute approximate surface area is 127 Å². The van der Waals surface area contributed by atoms with Gasteiger partial charge in [0.05, 0.1) is 24.9 Å². The van der Waals surface area contributed by atoms with Crippen LogP contribution in [-0.2, 0) is 0 Å². The van der Waals surface area contributed by atoms with Gasteiger partial charge in [-0.1, -0.05) is 11.6 Å². The molecule has 21 heavy (non-hydrogen) atoms. The Balaban J connectivity index is 2.65. The molecule has 120 valence electrons. The zero-order valence-electron chi connectivity index (χ0n) is 12.2. The smallest absolute Gasteiger partial charge is 0.389 e. The molecule has 7 heteroatoms. The number of hydrogen-bond acceptors (Lipinski definition) is 3. The summed E-state index contributed by atoms with van der Waals surface area (Å²) in [6.45, 7) is 1.81. The molecule has 0 saturated carbocycles. The first-order chi connectivity index (χ1) is 9.76. The summed E-state index contributed by atoms with van der Waals surface area (Å²) in [5, 5.41) is 3.51. The second kappa shape index (κ2) is 7.64. The standard InChI is InChI=1S/C14H19ClF3NO2/c1-9(5-4-6-14(16,17)18)19-11-8-13(21-3)12(20-2)7-10(11)15/h7-9,19H,4-6H2,1-3H3. The molecule has 0 saturated heterocycles. The second-order valence-electron chi connectivity index (χ2n) is 4.74. The highest BCUT2D eigenvalue weighted by molar-refractivity contribution is 6.33. The molecular weight excluding hydrogens is 307 g/mol. The molecule has 0 bridgehead atoms. The van der Waals surface area contributed by atoms with Gasteiger partial charge in [0.15, 0.2) is 11.5 Å². The molecule has 1 rings (SSSR count). The van der Waals surface area contributed by atoms with Crippen LogP contribution in [0.15, 0.2) is 12.1 Å². The van der Waals surface area contributed by atoms with E-state index in [4.69, 9.17) is 21.1 Å². The van der Waals surface area contributed by atoms with Crippen LogP contribution >= 0.6 is 11.6 Å². The number of halogens is 4. The fourth-order valence-electron chi connectivity index (χ4n) is 1.91. The second-order valence-corrected chi connectivity index (χ2v) is 5.15. The molecule has 0 radical (unpaired) electrons. The van der Waals surface area contributed by atoms with Crippen LogP contribution in [-0.4, -0.2) is 26.4 Å². The molecule has 0 aliphatic heterocycles. The summed E-state index contributed by atoms with van der Waals surface area (Å²) in [5.41, 5.74) is 0.605. The molecule has 0 spiro atoms. The summed E-state index contributed by atoms with van der Waals surface area (Å²) in [5.74, 6) is 1.00. The lowest BCUT2D eigenvalue weighted by Gasteiger charge is -2.18. The summed E-state index contributed by atoms with van der Waals surface area (Å²) in [4.78, 5) is 0. The predicted octanol–water partition coefficient (Wildman–Crippen LogP) is 4.89. The number of alkyl halides is 3. The van der Waals surface area contributed by atoms with Crippen LogP contribution in [0.2, 0.25) is 5.02 Å². The van der Waals surface area contributed by atoms with Crippen molar-refractivity contribution in [1.29, 1.82) is 0 Å². The van der Waals surface area contributed by atoms with Crippen molar-refractivity contribution in [3.63, 3.8) is 0 Å². The van der Waals surface area contributed by atoms with Gasteiger partial charge in [-0.2, -0.15) is 13.2 Å². The first-order valence-electron chi connectivity index (χ1n) is 6.51. The molecule has 0 amide bonds. The van der Waals surface area contributed by atoms with Crippen molar-refractivity contribution in [2.45, 2.75) is 38.4 Å². The number of hydrogen-bond donors (Lipinski definition) is 1. The van der Waals surface area contributed by atoms with Crippen LogP contribution in [0.4, 0.5) is 18.9 Å². The third-order valence-electron chi connectivity index (χ3n) is 2.97. The Hall–Kier alpha value is -1.30. The van der Waals surface area contributed by atoms with Crippen molar-refractivity contribution < 1.29 is 22.6 Å². The van der Waals surface area contributed by atoms with E-state index in [1.807, 2.05) is 6.92 Å². The number of methoxy groups -OCH3 is 2. The quantitative estimate of drug-likeness (QED) is 0.774. The Bertz CT molecular complexity index is 466. The number of anilines is 1. The van der Waals surface area contributed by atoms with Gasteiger partial charge < -0.3 is 14.8 Å². The summed E-state index contributed by atoms with van der Waals surface area (Å²) in [6, 6.07) is 3.13. The highest BCUT2D eigenvalue weighted by Crippen LogP contribution is 2.36. The van der Waals surface area contributed by atoms with Crippen molar-refractivity contribution in [2.24, 2.45) is 0 Å². The average molecular weight is 326 g/mol. The molecular formula is C14H19ClF3NO2. The first kappa shape index (κ1) is 17.8. The molecule has 0 aromatic heterocycles. The lowest BCUT2D eigenvalue weighted by molar-refractivity contribution is -0.135. The molecule has 0 aliphatic rings. The van der Waals surface area contributed by atoms with Crippen LogP contribution in [0.3, 0.4) is 0 Å². The van der Waals surface area contributed by atoms with Gasteiger partial charge in [-0.05, 0) is 19.8 Å². The van der Waals surface area contributed by atoms with Crippen molar-refractivity contribution in [3.05, 3.63) is 17.2 Å². The maximum absolute atomic E-state index is 12.1.